The lowest BCUT2D eigenvalue weighted by Crippen LogP contribution is -2.30. The SMILES string of the molecule is COCCN(CCO)c1cc(Cl)ccc1N. The number of anilines is 2. The Balaban J connectivity index is 2.85. The summed E-state index contributed by atoms with van der Waals surface area (Å²) in [5.74, 6) is 0. The van der Waals surface area contributed by atoms with Crippen LogP contribution in [-0.4, -0.2) is 38.5 Å². The normalized spacial score (nSPS) is 10.4. The van der Waals surface area contributed by atoms with Crippen LogP contribution >= 0.6 is 11.6 Å². The van der Waals surface area contributed by atoms with Gasteiger partial charge in [0.05, 0.1) is 24.6 Å². The summed E-state index contributed by atoms with van der Waals surface area (Å²) < 4.78 is 5.01. The number of nitrogen functional groups attached to an aromatic ring is 1. The Kier molecular flexibility index (Phi) is 5.38. The number of nitrogens with two attached hydrogens (primary N) is 1. The second-order valence-corrected chi connectivity index (χ2v) is 3.84. The van der Waals surface area contributed by atoms with Gasteiger partial charge in [-0.15, -0.1) is 0 Å². The molecule has 1 aromatic carbocycles. The van der Waals surface area contributed by atoms with Gasteiger partial charge in [0.1, 0.15) is 0 Å². The summed E-state index contributed by atoms with van der Waals surface area (Å²) in [6.07, 6.45) is 0. The first-order valence-corrected chi connectivity index (χ1v) is 5.46. The molecule has 1 aromatic rings. The van der Waals surface area contributed by atoms with Gasteiger partial charge in [-0.2, -0.15) is 0 Å². The van der Waals surface area contributed by atoms with Crippen LogP contribution in [0.5, 0.6) is 0 Å². The summed E-state index contributed by atoms with van der Waals surface area (Å²) in [4.78, 5) is 1.95. The van der Waals surface area contributed by atoms with Gasteiger partial charge in [0, 0.05) is 25.2 Å². The number of hydrogen-bond donors (Lipinski definition) is 2. The van der Waals surface area contributed by atoms with Crippen LogP contribution < -0.4 is 10.6 Å². The van der Waals surface area contributed by atoms with E-state index in [4.69, 9.17) is 27.2 Å². The Labute approximate surface area is 101 Å². The molecule has 1 rings (SSSR count). The third kappa shape index (κ3) is 3.56. The average Bonchev–Trinajstić information content (AvgIpc) is 2.28. The first-order chi connectivity index (χ1) is 7.69. The fraction of sp³-hybridized carbons (Fsp3) is 0.455. The van der Waals surface area contributed by atoms with E-state index >= 15 is 0 Å². The second-order valence-electron chi connectivity index (χ2n) is 3.41. The number of benzene rings is 1. The summed E-state index contributed by atoms with van der Waals surface area (Å²) in [5.41, 5.74) is 7.35. The van der Waals surface area contributed by atoms with Crippen LogP contribution in [0.25, 0.3) is 0 Å². The van der Waals surface area contributed by atoms with E-state index in [1.807, 2.05) is 4.90 Å². The molecule has 5 heteroatoms. The number of hydrogen-bond acceptors (Lipinski definition) is 4. The number of aliphatic hydroxyl groups excluding tert-OH is 1. The van der Waals surface area contributed by atoms with E-state index in [0.29, 0.717) is 30.4 Å². The number of nitrogens with zero attached hydrogens (tertiary/aromatic N) is 1. The Bertz CT molecular complexity index is 334. The van der Waals surface area contributed by atoms with Crippen molar-refractivity contribution in [1.29, 1.82) is 0 Å². The van der Waals surface area contributed by atoms with Crippen LogP contribution in [-0.2, 0) is 4.74 Å². The summed E-state index contributed by atoms with van der Waals surface area (Å²) >= 11 is 5.92. The van der Waals surface area contributed by atoms with E-state index in [1.165, 1.54) is 0 Å². The van der Waals surface area contributed by atoms with E-state index in [-0.39, 0.29) is 6.61 Å². The zero-order valence-corrected chi connectivity index (χ0v) is 10.1. The third-order valence-electron chi connectivity index (χ3n) is 2.27. The number of aliphatic hydroxyl groups is 1. The first kappa shape index (κ1) is 13.1. The molecule has 0 heterocycles. The van der Waals surface area contributed by atoms with E-state index in [0.717, 1.165) is 5.69 Å². The van der Waals surface area contributed by atoms with Gasteiger partial charge in [-0.25, -0.2) is 0 Å². The number of ether oxygens (including phenoxy) is 1. The van der Waals surface area contributed by atoms with Gasteiger partial charge in [0.25, 0.3) is 0 Å². The maximum atomic E-state index is 9.00. The molecular weight excluding hydrogens is 228 g/mol. The van der Waals surface area contributed by atoms with Gasteiger partial charge in [-0.1, -0.05) is 11.6 Å². The molecule has 0 unspecified atom stereocenters. The molecule has 0 spiro atoms. The maximum Gasteiger partial charge on any atom is 0.0637 e. The van der Waals surface area contributed by atoms with Crippen molar-refractivity contribution in [2.45, 2.75) is 0 Å². The van der Waals surface area contributed by atoms with Crippen LogP contribution in [0.3, 0.4) is 0 Å². The highest BCUT2D eigenvalue weighted by molar-refractivity contribution is 6.31. The van der Waals surface area contributed by atoms with Crippen molar-refractivity contribution in [3.63, 3.8) is 0 Å². The Morgan fingerprint density at radius 2 is 2.19 bits per heavy atom. The van der Waals surface area contributed by atoms with Crippen molar-refractivity contribution in [2.24, 2.45) is 0 Å². The minimum absolute atomic E-state index is 0.0651. The highest BCUT2D eigenvalue weighted by atomic mass is 35.5. The fourth-order valence-corrected chi connectivity index (χ4v) is 1.63. The van der Waals surface area contributed by atoms with E-state index in [9.17, 15) is 0 Å². The smallest absolute Gasteiger partial charge is 0.0637 e. The number of halogens is 1. The topological polar surface area (TPSA) is 58.7 Å². The lowest BCUT2D eigenvalue weighted by molar-refractivity contribution is 0.203. The molecule has 0 bridgehead atoms. The van der Waals surface area contributed by atoms with Crippen LogP contribution in [0.2, 0.25) is 5.02 Å². The summed E-state index contributed by atoms with van der Waals surface area (Å²) in [6, 6.07) is 5.30. The Morgan fingerprint density at radius 1 is 1.44 bits per heavy atom. The molecule has 4 nitrogen and oxygen atoms in total. The van der Waals surface area contributed by atoms with E-state index in [2.05, 4.69) is 0 Å². The zero-order valence-electron chi connectivity index (χ0n) is 9.32. The Morgan fingerprint density at radius 3 is 2.81 bits per heavy atom. The highest BCUT2D eigenvalue weighted by Crippen LogP contribution is 2.26. The molecule has 90 valence electrons. The van der Waals surface area contributed by atoms with Crippen molar-refractivity contribution in [1.82, 2.24) is 0 Å². The molecule has 0 aliphatic heterocycles. The van der Waals surface area contributed by atoms with Gasteiger partial charge >= 0.3 is 0 Å². The Hall–Kier alpha value is -0.970. The van der Waals surface area contributed by atoms with Gasteiger partial charge in [0.2, 0.25) is 0 Å². The summed E-state index contributed by atoms with van der Waals surface area (Å²) in [6.45, 7) is 1.82. The summed E-state index contributed by atoms with van der Waals surface area (Å²) in [7, 11) is 1.64. The van der Waals surface area contributed by atoms with Crippen molar-refractivity contribution in [3.8, 4) is 0 Å². The summed E-state index contributed by atoms with van der Waals surface area (Å²) in [5, 5.41) is 9.63. The van der Waals surface area contributed by atoms with Crippen molar-refractivity contribution in [3.05, 3.63) is 23.2 Å². The molecule has 0 fully saturated rings. The van der Waals surface area contributed by atoms with Gasteiger partial charge < -0.3 is 20.5 Å². The van der Waals surface area contributed by atoms with Crippen molar-refractivity contribution >= 4 is 23.0 Å². The molecule has 0 aliphatic rings. The second kappa shape index (κ2) is 6.58. The van der Waals surface area contributed by atoms with Crippen LogP contribution in [0.15, 0.2) is 18.2 Å². The molecule has 16 heavy (non-hydrogen) atoms. The van der Waals surface area contributed by atoms with Crippen LogP contribution in [0.1, 0.15) is 0 Å². The molecule has 0 aromatic heterocycles. The molecule has 0 atom stereocenters. The van der Waals surface area contributed by atoms with E-state index in [1.54, 1.807) is 25.3 Å². The monoisotopic (exact) mass is 244 g/mol. The van der Waals surface area contributed by atoms with Crippen molar-refractivity contribution < 1.29 is 9.84 Å². The minimum Gasteiger partial charge on any atom is -0.397 e. The fourth-order valence-electron chi connectivity index (χ4n) is 1.47. The standard InChI is InChI=1S/C11H17ClN2O2/c1-16-7-5-14(4-6-15)11-8-9(12)2-3-10(11)13/h2-3,8,15H,4-7,13H2,1H3. The van der Waals surface area contributed by atoms with Crippen LogP contribution in [0, 0.1) is 0 Å². The number of methoxy groups -OCH3 is 1. The first-order valence-electron chi connectivity index (χ1n) is 5.08. The van der Waals surface area contributed by atoms with Gasteiger partial charge in [-0.3, -0.25) is 0 Å². The molecule has 0 saturated carbocycles. The zero-order chi connectivity index (χ0) is 12.0. The molecular formula is C11H17ClN2O2. The van der Waals surface area contributed by atoms with Gasteiger partial charge in [0.15, 0.2) is 0 Å². The largest absolute Gasteiger partial charge is 0.397 e. The number of rotatable bonds is 6. The lowest BCUT2D eigenvalue weighted by atomic mass is 10.2. The van der Waals surface area contributed by atoms with Crippen molar-refractivity contribution in [2.75, 3.05) is 44.0 Å². The molecule has 0 aliphatic carbocycles. The molecule has 0 radical (unpaired) electrons. The van der Waals surface area contributed by atoms with E-state index < -0.39 is 0 Å². The predicted octanol–water partition coefficient (Wildman–Crippen LogP) is 1.37. The average molecular weight is 245 g/mol. The lowest BCUT2D eigenvalue weighted by Gasteiger charge is -2.25. The molecule has 3 N–H and O–H groups in total. The van der Waals surface area contributed by atoms with Crippen LogP contribution in [0.4, 0.5) is 11.4 Å². The maximum absolute atomic E-state index is 9.00. The minimum atomic E-state index is 0.0651. The predicted molar refractivity (Wildman–Crippen MR) is 67.0 cm³/mol. The third-order valence-corrected chi connectivity index (χ3v) is 2.50. The highest BCUT2D eigenvalue weighted by Gasteiger charge is 2.09. The van der Waals surface area contributed by atoms with Gasteiger partial charge in [-0.05, 0) is 18.2 Å². The molecule has 0 amide bonds. The quantitative estimate of drug-likeness (QED) is 0.742. The molecule has 0 saturated heterocycles.